The van der Waals surface area contributed by atoms with Gasteiger partial charge < -0.3 is 10.1 Å². The molecule has 1 fully saturated rings. The van der Waals surface area contributed by atoms with Gasteiger partial charge >= 0.3 is 0 Å². The number of benzene rings is 1. The van der Waals surface area contributed by atoms with Crippen LogP contribution in [0, 0.1) is 0 Å². The lowest BCUT2D eigenvalue weighted by Gasteiger charge is -2.21. The molecule has 0 bridgehead atoms. The summed E-state index contributed by atoms with van der Waals surface area (Å²) < 4.78 is 7.57. The molecule has 0 spiro atoms. The van der Waals surface area contributed by atoms with Gasteiger partial charge in [0.1, 0.15) is 6.61 Å². The Hall–Kier alpha value is -2.14. The van der Waals surface area contributed by atoms with Gasteiger partial charge in [-0.05, 0) is 18.4 Å². The van der Waals surface area contributed by atoms with E-state index in [2.05, 4.69) is 22.5 Å². The standard InChI is InChI=1S/C19H25N3O2/c23-19(15-24-18-9-5-2-6-10-18)20-11-17-12-21-22(14-17)13-16-7-3-1-4-8-16/h1,3-4,7-8,12,14,18H,2,5-6,9-11,13,15H2,(H,20,23). The van der Waals surface area contributed by atoms with Gasteiger partial charge in [0.05, 0.1) is 18.8 Å². The molecule has 0 unspecified atom stereocenters. The molecule has 5 heteroatoms. The molecule has 1 saturated carbocycles. The smallest absolute Gasteiger partial charge is 0.246 e. The lowest BCUT2D eigenvalue weighted by molar-refractivity contribution is -0.128. The Morgan fingerprint density at radius 2 is 1.96 bits per heavy atom. The summed E-state index contributed by atoms with van der Waals surface area (Å²) in [5.74, 6) is -0.0589. The Morgan fingerprint density at radius 1 is 1.17 bits per heavy atom. The van der Waals surface area contributed by atoms with Gasteiger partial charge in [-0.2, -0.15) is 5.10 Å². The molecule has 1 amide bonds. The Balaban J connectivity index is 1.39. The van der Waals surface area contributed by atoms with E-state index in [1.807, 2.05) is 29.1 Å². The molecular formula is C19H25N3O2. The number of hydrogen-bond donors (Lipinski definition) is 1. The van der Waals surface area contributed by atoms with Crippen molar-refractivity contribution in [2.45, 2.75) is 51.3 Å². The Labute approximate surface area is 143 Å². The van der Waals surface area contributed by atoms with Gasteiger partial charge in [0, 0.05) is 18.3 Å². The minimum absolute atomic E-state index is 0.0589. The highest BCUT2D eigenvalue weighted by atomic mass is 16.5. The molecule has 0 atom stereocenters. The number of rotatable bonds is 7. The molecule has 0 saturated heterocycles. The molecule has 1 aromatic carbocycles. The SMILES string of the molecule is O=C(COC1CCCCC1)NCc1cnn(Cc2ccccc2)c1. The fourth-order valence-electron chi connectivity index (χ4n) is 3.03. The first kappa shape index (κ1) is 16.7. The lowest BCUT2D eigenvalue weighted by atomic mass is 9.98. The van der Waals surface area contributed by atoms with Gasteiger partial charge in [0.15, 0.2) is 0 Å². The zero-order chi connectivity index (χ0) is 16.6. The maximum atomic E-state index is 11.9. The maximum Gasteiger partial charge on any atom is 0.246 e. The highest BCUT2D eigenvalue weighted by Gasteiger charge is 2.15. The summed E-state index contributed by atoms with van der Waals surface area (Å²) >= 11 is 0. The molecule has 1 aromatic heterocycles. The summed E-state index contributed by atoms with van der Waals surface area (Å²) in [6.07, 6.45) is 9.91. The predicted molar refractivity (Wildman–Crippen MR) is 92.4 cm³/mol. The van der Waals surface area contributed by atoms with Crippen LogP contribution in [0.4, 0.5) is 0 Å². The van der Waals surface area contributed by atoms with Crippen molar-refractivity contribution in [3.8, 4) is 0 Å². The number of amides is 1. The molecule has 1 N–H and O–H groups in total. The van der Waals surface area contributed by atoms with Crippen LogP contribution < -0.4 is 5.32 Å². The zero-order valence-electron chi connectivity index (χ0n) is 14.0. The predicted octanol–water partition coefficient (Wildman–Crippen LogP) is 2.90. The Morgan fingerprint density at radius 3 is 2.75 bits per heavy atom. The summed E-state index contributed by atoms with van der Waals surface area (Å²) in [7, 11) is 0. The number of nitrogens with zero attached hydrogens (tertiary/aromatic N) is 2. The van der Waals surface area contributed by atoms with Crippen molar-refractivity contribution in [1.82, 2.24) is 15.1 Å². The maximum absolute atomic E-state index is 11.9. The summed E-state index contributed by atoms with van der Waals surface area (Å²) in [5.41, 5.74) is 2.20. The second-order valence-corrected chi connectivity index (χ2v) is 6.38. The van der Waals surface area contributed by atoms with Crippen molar-refractivity contribution < 1.29 is 9.53 Å². The molecule has 5 nitrogen and oxygen atoms in total. The normalized spacial score (nSPS) is 15.3. The molecule has 0 aliphatic heterocycles. The summed E-state index contributed by atoms with van der Waals surface area (Å²) in [5, 5.41) is 7.24. The van der Waals surface area contributed by atoms with Crippen molar-refractivity contribution in [2.75, 3.05) is 6.61 Å². The highest BCUT2D eigenvalue weighted by Crippen LogP contribution is 2.19. The summed E-state index contributed by atoms with van der Waals surface area (Å²) in [4.78, 5) is 11.9. The molecule has 1 aliphatic carbocycles. The Bertz CT molecular complexity index is 633. The lowest BCUT2D eigenvalue weighted by Crippen LogP contribution is -2.30. The fourth-order valence-corrected chi connectivity index (χ4v) is 3.03. The zero-order valence-corrected chi connectivity index (χ0v) is 14.0. The number of ether oxygens (including phenoxy) is 1. The van der Waals surface area contributed by atoms with Crippen molar-refractivity contribution in [3.63, 3.8) is 0 Å². The Kier molecular flexibility index (Phi) is 6.01. The van der Waals surface area contributed by atoms with Crippen LogP contribution in [0.25, 0.3) is 0 Å². The van der Waals surface area contributed by atoms with E-state index in [1.165, 1.54) is 24.8 Å². The molecule has 1 heterocycles. The molecule has 128 valence electrons. The minimum atomic E-state index is -0.0589. The first-order valence-electron chi connectivity index (χ1n) is 8.73. The van der Waals surface area contributed by atoms with Crippen molar-refractivity contribution in [2.24, 2.45) is 0 Å². The number of hydrogen-bond acceptors (Lipinski definition) is 3. The molecule has 3 rings (SSSR count). The first-order valence-corrected chi connectivity index (χ1v) is 8.73. The molecule has 1 aliphatic rings. The number of nitrogens with one attached hydrogen (secondary N) is 1. The largest absolute Gasteiger partial charge is 0.368 e. The van der Waals surface area contributed by atoms with E-state index < -0.39 is 0 Å². The number of carbonyl (C=O) groups is 1. The van der Waals surface area contributed by atoms with Crippen LogP contribution in [0.1, 0.15) is 43.2 Å². The average Bonchev–Trinajstić information content (AvgIpc) is 3.07. The number of aromatic nitrogens is 2. The second-order valence-electron chi connectivity index (χ2n) is 6.38. The van der Waals surface area contributed by atoms with Gasteiger partial charge in [-0.3, -0.25) is 9.48 Å². The molecule has 2 aromatic rings. The van der Waals surface area contributed by atoms with Gasteiger partial charge in [-0.1, -0.05) is 49.6 Å². The van der Waals surface area contributed by atoms with Gasteiger partial charge in [-0.25, -0.2) is 0 Å². The topological polar surface area (TPSA) is 56.1 Å². The molecular weight excluding hydrogens is 302 g/mol. The van der Waals surface area contributed by atoms with Crippen LogP contribution in [-0.2, 0) is 22.6 Å². The highest BCUT2D eigenvalue weighted by molar-refractivity contribution is 5.77. The third kappa shape index (κ3) is 5.20. The summed E-state index contributed by atoms with van der Waals surface area (Å²) in [6.45, 7) is 1.38. The van der Waals surface area contributed by atoms with E-state index in [4.69, 9.17) is 4.74 Å². The molecule has 24 heavy (non-hydrogen) atoms. The van der Waals surface area contributed by atoms with Crippen LogP contribution in [0.2, 0.25) is 0 Å². The first-order chi connectivity index (χ1) is 11.8. The van der Waals surface area contributed by atoms with Crippen molar-refractivity contribution in [3.05, 3.63) is 53.9 Å². The third-order valence-corrected chi connectivity index (χ3v) is 4.37. The van der Waals surface area contributed by atoms with Crippen molar-refractivity contribution in [1.29, 1.82) is 0 Å². The van der Waals surface area contributed by atoms with E-state index in [0.717, 1.165) is 24.9 Å². The quantitative estimate of drug-likeness (QED) is 0.851. The van der Waals surface area contributed by atoms with Crippen LogP contribution in [-0.4, -0.2) is 28.4 Å². The second kappa shape index (κ2) is 8.64. The van der Waals surface area contributed by atoms with E-state index in [-0.39, 0.29) is 18.6 Å². The van der Waals surface area contributed by atoms with Crippen LogP contribution in [0.5, 0.6) is 0 Å². The number of carbonyl (C=O) groups excluding carboxylic acids is 1. The monoisotopic (exact) mass is 327 g/mol. The van der Waals surface area contributed by atoms with Crippen LogP contribution in [0.15, 0.2) is 42.7 Å². The van der Waals surface area contributed by atoms with Crippen LogP contribution in [0.3, 0.4) is 0 Å². The average molecular weight is 327 g/mol. The fraction of sp³-hybridized carbons (Fsp3) is 0.474. The van der Waals surface area contributed by atoms with E-state index in [9.17, 15) is 4.79 Å². The van der Waals surface area contributed by atoms with E-state index in [0.29, 0.717) is 6.54 Å². The van der Waals surface area contributed by atoms with Gasteiger partial charge in [0.2, 0.25) is 5.91 Å². The van der Waals surface area contributed by atoms with Crippen molar-refractivity contribution >= 4 is 5.91 Å². The van der Waals surface area contributed by atoms with E-state index >= 15 is 0 Å². The van der Waals surface area contributed by atoms with Gasteiger partial charge in [-0.15, -0.1) is 0 Å². The summed E-state index contributed by atoms with van der Waals surface area (Å²) in [6, 6.07) is 10.2. The van der Waals surface area contributed by atoms with Gasteiger partial charge in [0.25, 0.3) is 0 Å². The van der Waals surface area contributed by atoms with E-state index in [1.54, 1.807) is 6.20 Å². The molecule has 0 radical (unpaired) electrons. The third-order valence-electron chi connectivity index (χ3n) is 4.37. The minimum Gasteiger partial charge on any atom is -0.368 e. The van der Waals surface area contributed by atoms with Crippen LogP contribution >= 0.6 is 0 Å².